The Kier molecular flexibility index (Phi) is 6.11. The predicted octanol–water partition coefficient (Wildman–Crippen LogP) is 2.81. The molecule has 2 aromatic heterocycles. The molecule has 1 fully saturated rings. The van der Waals surface area contributed by atoms with Gasteiger partial charge in [0.1, 0.15) is 11.4 Å². The number of carbonyl (C=O) groups is 1. The van der Waals surface area contributed by atoms with E-state index in [1.807, 2.05) is 17.8 Å². The van der Waals surface area contributed by atoms with Crippen molar-refractivity contribution in [3.8, 4) is 24.0 Å². The largest absolute Gasteiger partial charge is 0.615 e. The highest BCUT2D eigenvalue weighted by Gasteiger charge is 2.32. The van der Waals surface area contributed by atoms with Crippen LogP contribution in [-0.2, 0) is 0 Å². The molecule has 1 saturated carbocycles. The first kappa shape index (κ1) is 22.4. The molecular formula is C24H26N4O5. The van der Waals surface area contributed by atoms with Crippen molar-refractivity contribution in [2.45, 2.75) is 44.2 Å². The fraction of sp³-hybridized carbons (Fsp3) is 0.375. The second kappa shape index (κ2) is 9.00. The lowest BCUT2D eigenvalue weighted by atomic mass is 9.83. The molecule has 2 heterocycles. The summed E-state index contributed by atoms with van der Waals surface area (Å²) in [5, 5.41) is 30.9. The fourth-order valence-electron chi connectivity index (χ4n) is 4.10. The van der Waals surface area contributed by atoms with Crippen molar-refractivity contribution in [3.63, 3.8) is 0 Å². The van der Waals surface area contributed by atoms with E-state index >= 15 is 0 Å². The summed E-state index contributed by atoms with van der Waals surface area (Å²) in [7, 11) is 1.36. The number of fused-ring (bicyclic) bond motifs is 1. The minimum Gasteiger partial charge on any atom is -0.615 e. The highest BCUT2D eigenvalue weighted by Crippen LogP contribution is 2.36. The molecule has 0 spiro atoms. The Morgan fingerprint density at radius 1 is 1.42 bits per heavy atom. The van der Waals surface area contributed by atoms with E-state index in [1.165, 1.54) is 19.2 Å². The van der Waals surface area contributed by atoms with E-state index in [2.05, 4.69) is 16.3 Å². The molecule has 9 nitrogen and oxygen atoms in total. The van der Waals surface area contributed by atoms with Crippen molar-refractivity contribution < 1.29 is 24.1 Å². The molecule has 172 valence electrons. The van der Waals surface area contributed by atoms with Gasteiger partial charge in [0.15, 0.2) is 0 Å². The van der Waals surface area contributed by atoms with Crippen LogP contribution in [0.15, 0.2) is 36.5 Å². The molecule has 9 heteroatoms. The van der Waals surface area contributed by atoms with E-state index in [-0.39, 0.29) is 17.6 Å². The molecule has 33 heavy (non-hydrogen) atoms. The number of pyridine rings is 1. The summed E-state index contributed by atoms with van der Waals surface area (Å²) in [6.07, 6.45) is 9.84. The number of anilines is 1. The minimum absolute atomic E-state index is 0.0219. The topological polar surface area (TPSA) is 113 Å². The van der Waals surface area contributed by atoms with Crippen LogP contribution in [0.2, 0.25) is 0 Å². The van der Waals surface area contributed by atoms with Gasteiger partial charge in [0.25, 0.3) is 5.69 Å². The number of benzene rings is 1. The second-order valence-corrected chi connectivity index (χ2v) is 8.06. The zero-order valence-corrected chi connectivity index (χ0v) is 18.6. The molecular weight excluding hydrogens is 424 g/mol. The maximum Gasteiger partial charge on any atom is 0.379 e. The van der Waals surface area contributed by atoms with Gasteiger partial charge >= 0.3 is 11.8 Å². The van der Waals surface area contributed by atoms with Crippen LogP contribution >= 0.6 is 0 Å². The van der Waals surface area contributed by atoms with E-state index in [9.17, 15) is 15.1 Å². The highest BCUT2D eigenvalue weighted by molar-refractivity contribution is 6.04. The number of aliphatic hydroxyl groups is 1. The zero-order valence-electron chi connectivity index (χ0n) is 18.6. The molecule has 2 N–H and O–H groups in total. The molecule has 4 rings (SSSR count). The fourth-order valence-corrected chi connectivity index (χ4v) is 4.10. The van der Waals surface area contributed by atoms with Crippen LogP contribution in [0.25, 0.3) is 10.9 Å². The summed E-state index contributed by atoms with van der Waals surface area (Å²) >= 11 is 0. The van der Waals surface area contributed by atoms with E-state index < -0.39 is 11.5 Å². The van der Waals surface area contributed by atoms with Gasteiger partial charge in [0.2, 0.25) is 0 Å². The number of ether oxygens (including phenoxy) is 2. The summed E-state index contributed by atoms with van der Waals surface area (Å²) in [6.45, 7) is 2.24. The van der Waals surface area contributed by atoms with E-state index in [0.29, 0.717) is 35.6 Å². The maximum absolute atomic E-state index is 12.8. The van der Waals surface area contributed by atoms with Crippen LogP contribution in [0.1, 0.15) is 49.1 Å². The monoisotopic (exact) mass is 450 g/mol. The Morgan fingerprint density at radius 3 is 2.85 bits per heavy atom. The number of rotatable bonds is 6. The third-order valence-electron chi connectivity index (χ3n) is 5.95. The Hall–Kier alpha value is -3.77. The molecule has 1 aliphatic rings. The third-order valence-corrected chi connectivity index (χ3v) is 5.95. The number of hydrogen-bond acceptors (Lipinski definition) is 6. The van der Waals surface area contributed by atoms with Gasteiger partial charge in [0.05, 0.1) is 37.0 Å². The third kappa shape index (κ3) is 4.43. The summed E-state index contributed by atoms with van der Waals surface area (Å²) < 4.78 is 13.0. The van der Waals surface area contributed by atoms with Crippen LogP contribution in [0.5, 0.6) is 11.6 Å². The molecule has 0 unspecified atom stereocenters. The number of amides is 1. The van der Waals surface area contributed by atoms with Crippen molar-refractivity contribution in [2.75, 3.05) is 19.0 Å². The minimum atomic E-state index is -1.04. The van der Waals surface area contributed by atoms with Crippen LogP contribution in [0.3, 0.4) is 0 Å². The van der Waals surface area contributed by atoms with E-state index in [1.54, 1.807) is 18.2 Å². The van der Waals surface area contributed by atoms with Crippen LogP contribution in [0.4, 0.5) is 5.69 Å². The van der Waals surface area contributed by atoms with Crippen molar-refractivity contribution in [3.05, 3.63) is 47.4 Å². The number of nitrogens with zero attached hydrogens (tertiary/aromatic N) is 3. The Morgan fingerprint density at radius 2 is 2.18 bits per heavy atom. The lowest BCUT2D eigenvalue weighted by molar-refractivity contribution is -0.614. The molecule has 0 atom stereocenters. The summed E-state index contributed by atoms with van der Waals surface area (Å²) in [6, 6.07) is 8.13. The van der Waals surface area contributed by atoms with Gasteiger partial charge in [-0.2, -0.15) is 5.10 Å². The summed E-state index contributed by atoms with van der Waals surface area (Å²) in [4.78, 5) is 12.8. The van der Waals surface area contributed by atoms with Crippen molar-refractivity contribution >= 4 is 22.5 Å². The number of methoxy groups -OCH3 is 1. The summed E-state index contributed by atoms with van der Waals surface area (Å²) in [5.41, 5.74) is 0.00803. The average Bonchev–Trinajstić information content (AvgIpc) is 3.22. The van der Waals surface area contributed by atoms with Gasteiger partial charge in [0, 0.05) is 23.7 Å². The lowest BCUT2D eigenvalue weighted by Crippen LogP contribution is -2.38. The van der Waals surface area contributed by atoms with Crippen LogP contribution in [0, 0.1) is 17.6 Å². The predicted molar refractivity (Wildman–Crippen MR) is 122 cm³/mol. The Labute approximate surface area is 191 Å². The molecule has 3 aromatic rings. The van der Waals surface area contributed by atoms with Gasteiger partial charge in [-0.05, 0) is 44.7 Å². The smallest absolute Gasteiger partial charge is 0.379 e. The van der Waals surface area contributed by atoms with Gasteiger partial charge in [-0.15, -0.1) is 11.2 Å². The molecule has 0 aliphatic heterocycles. The Bertz CT molecular complexity index is 1220. The maximum atomic E-state index is 12.8. The second-order valence-electron chi connectivity index (χ2n) is 8.06. The van der Waals surface area contributed by atoms with Crippen molar-refractivity contribution in [2.24, 2.45) is 0 Å². The lowest BCUT2D eigenvalue weighted by Gasteiger charge is -2.32. The first-order valence-corrected chi connectivity index (χ1v) is 10.8. The number of terminal acetylenes is 1. The first-order chi connectivity index (χ1) is 15.9. The highest BCUT2D eigenvalue weighted by atomic mass is 16.5. The van der Waals surface area contributed by atoms with Crippen LogP contribution < -0.4 is 19.5 Å². The standard InChI is InChI=1S/C24H26N4O5/c1-4-24(30)11-9-17(10-12-24)27-15-16-13-19(21(33-5-2)14-18(16)26-27)25-23(29)20-7-6-8-22(32-3)28(20)31/h1,6-8,13-15,17,30H,5,9-12H2,2-3H3,(H,25,29). The number of hydrogen-bond donors (Lipinski definition) is 2. The normalized spacial score (nSPS) is 20.2. The van der Waals surface area contributed by atoms with E-state index in [4.69, 9.17) is 15.9 Å². The van der Waals surface area contributed by atoms with Gasteiger partial charge in [-0.25, -0.2) is 0 Å². The van der Waals surface area contributed by atoms with Crippen LogP contribution in [-0.4, -0.2) is 40.1 Å². The van der Waals surface area contributed by atoms with Gasteiger partial charge < -0.3 is 25.1 Å². The van der Waals surface area contributed by atoms with Crippen molar-refractivity contribution in [1.29, 1.82) is 0 Å². The number of aromatic nitrogens is 3. The summed E-state index contributed by atoms with van der Waals surface area (Å²) in [5.74, 6) is 2.38. The van der Waals surface area contributed by atoms with Gasteiger partial charge in [-0.3, -0.25) is 9.48 Å². The van der Waals surface area contributed by atoms with E-state index in [0.717, 1.165) is 23.7 Å². The number of nitrogens with one attached hydrogen (secondary N) is 1. The molecule has 1 aliphatic carbocycles. The SMILES string of the molecule is C#CC1(O)CCC(n2cc3cc(NC(=O)c4cccc(OC)[n+]4[O-])c(OCC)cc3n2)CC1. The Balaban J connectivity index is 1.62. The number of carbonyl (C=O) groups excluding carboxylic acids is 1. The molecule has 0 saturated heterocycles. The molecule has 0 bridgehead atoms. The quantitative estimate of drug-likeness (QED) is 0.339. The molecule has 1 aromatic carbocycles. The van der Waals surface area contributed by atoms with Crippen molar-refractivity contribution in [1.82, 2.24) is 9.78 Å². The average molecular weight is 450 g/mol. The zero-order chi connectivity index (χ0) is 23.6. The van der Waals surface area contributed by atoms with Gasteiger partial charge in [-0.1, -0.05) is 5.92 Å². The molecule has 1 amide bonds. The first-order valence-electron chi connectivity index (χ1n) is 10.8. The molecule has 0 radical (unpaired) electrons.